The summed E-state index contributed by atoms with van der Waals surface area (Å²) in [5, 5.41) is 0. The van der Waals surface area contributed by atoms with Crippen LogP contribution in [-0.2, 0) is 9.53 Å². The fraction of sp³-hybridized carbons (Fsp3) is 0.500. The van der Waals surface area contributed by atoms with E-state index in [1.54, 1.807) is 0 Å². The van der Waals surface area contributed by atoms with Crippen LogP contribution >= 0.6 is 0 Å². The molecule has 8 heavy (non-hydrogen) atoms. The summed E-state index contributed by atoms with van der Waals surface area (Å²) in [4.78, 5) is 9.82. The van der Waals surface area contributed by atoms with Crippen molar-refractivity contribution >= 4 is 6.29 Å². The lowest BCUT2D eigenvalue weighted by molar-refractivity contribution is -0.108. The van der Waals surface area contributed by atoms with Crippen molar-refractivity contribution in [1.29, 1.82) is 0 Å². The first-order valence-electron chi connectivity index (χ1n) is 2.47. The normalized spacial score (nSPS) is 8.88. The molecule has 0 aliphatic heterocycles. The fourth-order valence-corrected chi connectivity index (χ4v) is 0.331. The Morgan fingerprint density at radius 2 is 2.25 bits per heavy atom. The van der Waals surface area contributed by atoms with Crippen molar-refractivity contribution in [3.05, 3.63) is 12.3 Å². The molecular weight excluding hydrogens is 104 g/mol. The van der Waals surface area contributed by atoms with Crippen molar-refractivity contribution in [3.8, 4) is 0 Å². The van der Waals surface area contributed by atoms with Crippen molar-refractivity contribution < 1.29 is 9.53 Å². The molecule has 0 amide bonds. The van der Waals surface area contributed by atoms with Crippen LogP contribution in [0.4, 0.5) is 0 Å². The first-order chi connectivity index (χ1) is 3.66. The van der Waals surface area contributed by atoms with Gasteiger partial charge >= 0.3 is 0 Å². The Balaban J connectivity index is 3.39. The first-order valence-corrected chi connectivity index (χ1v) is 2.47. The molecule has 0 N–H and O–H groups in total. The lowest BCUT2D eigenvalue weighted by Gasteiger charge is -2.05. The van der Waals surface area contributed by atoms with E-state index in [-0.39, 0.29) is 11.9 Å². The second-order valence-electron chi connectivity index (χ2n) is 1.75. The van der Waals surface area contributed by atoms with E-state index in [4.69, 9.17) is 4.74 Å². The van der Waals surface area contributed by atoms with E-state index in [9.17, 15) is 4.79 Å². The molecule has 46 valence electrons. The molecule has 0 aliphatic rings. The maximum Gasteiger partial charge on any atom is 0.184 e. The molecule has 0 radical (unpaired) electrons. The van der Waals surface area contributed by atoms with Gasteiger partial charge in [-0.05, 0) is 13.8 Å². The second-order valence-corrected chi connectivity index (χ2v) is 1.75. The number of hydrogen-bond acceptors (Lipinski definition) is 2. The maximum absolute atomic E-state index is 9.82. The average molecular weight is 114 g/mol. The minimum absolute atomic E-state index is 0.0488. The molecule has 0 rings (SSSR count). The number of aldehydes is 1. The van der Waals surface area contributed by atoms with Gasteiger partial charge in [0.1, 0.15) is 0 Å². The van der Waals surface area contributed by atoms with Gasteiger partial charge in [-0.1, -0.05) is 6.58 Å². The van der Waals surface area contributed by atoms with Crippen molar-refractivity contribution in [3.63, 3.8) is 0 Å². The quantitative estimate of drug-likeness (QED) is 0.312. The molecule has 0 fully saturated rings. The third-order valence-electron chi connectivity index (χ3n) is 0.519. The average Bonchev–Trinajstić information content (AvgIpc) is 1.65. The molecule has 0 bridgehead atoms. The van der Waals surface area contributed by atoms with E-state index in [1.807, 2.05) is 13.8 Å². The third-order valence-corrected chi connectivity index (χ3v) is 0.519. The number of carbonyl (C=O) groups excluding carboxylic acids is 1. The lowest BCUT2D eigenvalue weighted by atomic mass is 10.5. The Bertz CT molecular complexity index is 94.7. The second kappa shape index (κ2) is 3.24. The van der Waals surface area contributed by atoms with Gasteiger partial charge in [0.15, 0.2) is 12.0 Å². The zero-order valence-corrected chi connectivity index (χ0v) is 5.18. The molecule has 0 heterocycles. The van der Waals surface area contributed by atoms with E-state index in [1.165, 1.54) is 0 Å². The lowest BCUT2D eigenvalue weighted by Crippen LogP contribution is -2.01. The van der Waals surface area contributed by atoms with Gasteiger partial charge in [0.05, 0.1) is 6.10 Å². The van der Waals surface area contributed by atoms with E-state index >= 15 is 0 Å². The number of ether oxygens (including phenoxy) is 1. The molecule has 0 aromatic heterocycles. The number of carbonyl (C=O) groups is 1. The minimum Gasteiger partial charge on any atom is -0.488 e. The van der Waals surface area contributed by atoms with Crippen LogP contribution in [0.25, 0.3) is 0 Å². The molecule has 0 aromatic rings. The standard InChI is InChI=1S/C6H10O2/c1-5(2)8-6(3)4-7/h4-5H,3H2,1-2H3. The van der Waals surface area contributed by atoms with Gasteiger partial charge in [0, 0.05) is 0 Å². The summed E-state index contributed by atoms with van der Waals surface area (Å²) in [7, 11) is 0. The summed E-state index contributed by atoms with van der Waals surface area (Å²) in [5.41, 5.74) is 0. The van der Waals surface area contributed by atoms with Crippen LogP contribution in [0.5, 0.6) is 0 Å². The van der Waals surface area contributed by atoms with Gasteiger partial charge in [-0.2, -0.15) is 0 Å². The van der Waals surface area contributed by atoms with Crippen LogP contribution in [0, 0.1) is 0 Å². The van der Waals surface area contributed by atoms with Crippen LogP contribution in [0.3, 0.4) is 0 Å². The van der Waals surface area contributed by atoms with Gasteiger partial charge in [-0.3, -0.25) is 4.79 Å². The van der Waals surface area contributed by atoms with Crippen LogP contribution in [0.2, 0.25) is 0 Å². The van der Waals surface area contributed by atoms with Gasteiger partial charge < -0.3 is 4.74 Å². The monoisotopic (exact) mass is 114 g/mol. The predicted octanol–water partition coefficient (Wildman–Crippen LogP) is 1.12. The van der Waals surface area contributed by atoms with E-state index in [0.29, 0.717) is 6.29 Å². The van der Waals surface area contributed by atoms with Gasteiger partial charge in [-0.25, -0.2) is 0 Å². The Morgan fingerprint density at radius 3 is 2.38 bits per heavy atom. The highest BCUT2D eigenvalue weighted by Gasteiger charge is 1.93. The summed E-state index contributed by atoms with van der Waals surface area (Å²) in [6.45, 7) is 7.01. The zero-order chi connectivity index (χ0) is 6.57. The molecule has 2 heteroatoms. The summed E-state index contributed by atoms with van der Waals surface area (Å²) in [6.07, 6.45) is 0.646. The van der Waals surface area contributed by atoms with Crippen molar-refractivity contribution in [2.45, 2.75) is 20.0 Å². The maximum atomic E-state index is 9.82. The van der Waals surface area contributed by atoms with Crippen LogP contribution in [0.1, 0.15) is 13.8 Å². The van der Waals surface area contributed by atoms with Crippen LogP contribution < -0.4 is 0 Å². The zero-order valence-electron chi connectivity index (χ0n) is 5.18. The summed E-state index contributed by atoms with van der Waals surface area (Å²) in [5.74, 6) is 0.194. The van der Waals surface area contributed by atoms with Crippen LogP contribution in [-0.4, -0.2) is 12.4 Å². The molecule has 0 atom stereocenters. The highest BCUT2D eigenvalue weighted by atomic mass is 16.5. The van der Waals surface area contributed by atoms with Crippen molar-refractivity contribution in [2.24, 2.45) is 0 Å². The number of rotatable bonds is 3. The Morgan fingerprint density at radius 1 is 1.75 bits per heavy atom. The highest BCUT2D eigenvalue weighted by Crippen LogP contribution is 1.93. The molecule has 0 saturated heterocycles. The largest absolute Gasteiger partial charge is 0.488 e. The molecule has 2 nitrogen and oxygen atoms in total. The Kier molecular flexibility index (Phi) is 2.92. The van der Waals surface area contributed by atoms with Gasteiger partial charge in [0.2, 0.25) is 0 Å². The third kappa shape index (κ3) is 3.40. The molecule has 0 aliphatic carbocycles. The number of hydrogen-bond donors (Lipinski definition) is 0. The molecule has 0 aromatic carbocycles. The Labute approximate surface area is 49.1 Å². The topological polar surface area (TPSA) is 26.3 Å². The Hall–Kier alpha value is -0.790. The SMILES string of the molecule is C=C(C=O)OC(C)C. The smallest absolute Gasteiger partial charge is 0.184 e. The summed E-state index contributed by atoms with van der Waals surface area (Å²) < 4.78 is 4.84. The molecule has 0 unspecified atom stereocenters. The molecular formula is C6H10O2. The van der Waals surface area contributed by atoms with Crippen molar-refractivity contribution in [1.82, 2.24) is 0 Å². The highest BCUT2D eigenvalue weighted by molar-refractivity contribution is 5.68. The van der Waals surface area contributed by atoms with E-state index in [0.717, 1.165) is 0 Å². The van der Waals surface area contributed by atoms with Crippen LogP contribution in [0.15, 0.2) is 12.3 Å². The molecule has 0 saturated carbocycles. The predicted molar refractivity (Wildman–Crippen MR) is 31.4 cm³/mol. The van der Waals surface area contributed by atoms with E-state index < -0.39 is 0 Å². The molecule has 0 spiro atoms. The summed E-state index contributed by atoms with van der Waals surface area (Å²) in [6, 6.07) is 0. The minimum atomic E-state index is 0.0488. The summed E-state index contributed by atoms with van der Waals surface area (Å²) >= 11 is 0. The van der Waals surface area contributed by atoms with Gasteiger partial charge in [0.25, 0.3) is 0 Å². The fourth-order valence-electron chi connectivity index (χ4n) is 0.331. The van der Waals surface area contributed by atoms with Gasteiger partial charge in [-0.15, -0.1) is 0 Å². The van der Waals surface area contributed by atoms with Crippen molar-refractivity contribution in [2.75, 3.05) is 0 Å². The van der Waals surface area contributed by atoms with E-state index in [2.05, 4.69) is 6.58 Å². The first kappa shape index (κ1) is 7.21. The number of allylic oxidation sites excluding steroid dienone is 1.